The van der Waals surface area contributed by atoms with E-state index in [4.69, 9.17) is 0 Å². The Morgan fingerprint density at radius 2 is 1.65 bits per heavy atom. The van der Waals surface area contributed by atoms with Gasteiger partial charge in [-0.2, -0.15) is 4.31 Å². The van der Waals surface area contributed by atoms with E-state index in [1.165, 1.54) is 33.8 Å². The number of nitrogens with zero attached hydrogens (tertiary/aromatic N) is 4. The van der Waals surface area contributed by atoms with E-state index < -0.39 is 21.7 Å². The number of fused-ring (bicyclic) bond motifs is 1. The van der Waals surface area contributed by atoms with E-state index in [-0.39, 0.29) is 28.2 Å². The molecule has 1 aromatic heterocycles. The Morgan fingerprint density at radius 3 is 2.25 bits per heavy atom. The number of hydrogen-bond donors (Lipinski definition) is 1. The van der Waals surface area contributed by atoms with Crippen LogP contribution < -0.4 is 10.2 Å². The van der Waals surface area contributed by atoms with Gasteiger partial charge in [-0.25, -0.2) is 22.2 Å². The largest absolute Gasteiger partial charge is 0.351 e. The van der Waals surface area contributed by atoms with Crippen molar-refractivity contribution in [2.45, 2.75) is 32.6 Å². The maximum Gasteiger partial charge on any atom is 0.251 e. The van der Waals surface area contributed by atoms with Gasteiger partial charge in [-0.15, -0.1) is 0 Å². The maximum absolute atomic E-state index is 14.0. The average Bonchev–Trinajstić information content (AvgIpc) is 3.32. The zero-order chi connectivity index (χ0) is 29.0. The molecule has 0 radical (unpaired) electrons. The number of rotatable bonds is 11. The molecule has 2 heterocycles. The quantitative estimate of drug-likeness (QED) is 0.354. The summed E-state index contributed by atoms with van der Waals surface area (Å²) in [6.07, 6.45) is 0. The normalized spacial score (nSPS) is 15.1. The van der Waals surface area contributed by atoms with Crippen LogP contribution in [0, 0.1) is 23.5 Å². The molecule has 2 aromatic carbocycles. The number of carbonyl (C=O) groups is 1. The van der Waals surface area contributed by atoms with Gasteiger partial charge in [0.2, 0.25) is 10.0 Å². The highest BCUT2D eigenvalue weighted by molar-refractivity contribution is 7.89. The van der Waals surface area contributed by atoms with Gasteiger partial charge in [0.05, 0.1) is 9.60 Å². The fraction of sp³-hybridized carbons (Fsp3) is 0.500. The molecule has 0 aliphatic carbocycles. The number of piperazine rings is 1. The molecule has 4 rings (SSSR count). The van der Waals surface area contributed by atoms with Crippen LogP contribution in [0.3, 0.4) is 0 Å². The predicted octanol–water partition coefficient (Wildman–Crippen LogP) is 4.43. The molecule has 0 saturated carbocycles. The molecule has 40 heavy (non-hydrogen) atoms. The summed E-state index contributed by atoms with van der Waals surface area (Å²) < 4.78 is 55.9. The molecule has 1 aliphatic heterocycles. The van der Waals surface area contributed by atoms with E-state index in [0.717, 1.165) is 19.2 Å². The fourth-order valence-corrected chi connectivity index (χ4v) is 7.51. The Kier molecular flexibility index (Phi) is 9.76. The third-order valence-electron chi connectivity index (χ3n) is 6.65. The number of anilines is 1. The van der Waals surface area contributed by atoms with E-state index >= 15 is 0 Å². The summed E-state index contributed by atoms with van der Waals surface area (Å²) in [6.45, 7) is 12.8. The van der Waals surface area contributed by atoms with Crippen molar-refractivity contribution in [3.63, 3.8) is 0 Å². The lowest BCUT2D eigenvalue weighted by molar-refractivity contribution is 0.0947. The van der Waals surface area contributed by atoms with Crippen LogP contribution in [0.4, 0.5) is 13.9 Å². The topological polar surface area (TPSA) is 85.8 Å². The molecular formula is C28H37F2N5O3S2. The molecule has 0 atom stereocenters. The number of amides is 1. The van der Waals surface area contributed by atoms with Crippen molar-refractivity contribution in [3.05, 3.63) is 53.6 Å². The monoisotopic (exact) mass is 593 g/mol. The van der Waals surface area contributed by atoms with E-state index in [1.807, 2.05) is 27.7 Å². The van der Waals surface area contributed by atoms with Crippen molar-refractivity contribution >= 4 is 42.6 Å². The van der Waals surface area contributed by atoms with Crippen LogP contribution >= 0.6 is 11.3 Å². The van der Waals surface area contributed by atoms with Gasteiger partial charge in [0.15, 0.2) is 10.9 Å². The highest BCUT2D eigenvalue weighted by Crippen LogP contribution is 2.31. The fourth-order valence-electron chi connectivity index (χ4n) is 4.69. The summed E-state index contributed by atoms with van der Waals surface area (Å²) >= 11 is 1.28. The number of halogens is 2. The van der Waals surface area contributed by atoms with Crippen molar-refractivity contribution in [1.29, 1.82) is 0 Å². The molecule has 0 bridgehead atoms. The lowest BCUT2D eigenvalue weighted by Crippen LogP contribution is -2.48. The van der Waals surface area contributed by atoms with Gasteiger partial charge in [-0.3, -0.25) is 9.69 Å². The van der Waals surface area contributed by atoms with Gasteiger partial charge in [0, 0.05) is 64.0 Å². The van der Waals surface area contributed by atoms with Crippen LogP contribution in [0.1, 0.15) is 38.1 Å². The van der Waals surface area contributed by atoms with Crippen molar-refractivity contribution in [2.75, 3.05) is 57.3 Å². The second-order valence-electron chi connectivity index (χ2n) is 10.9. The summed E-state index contributed by atoms with van der Waals surface area (Å²) in [6, 6.07) is 8.26. The van der Waals surface area contributed by atoms with Gasteiger partial charge in [-0.1, -0.05) is 39.0 Å². The number of sulfonamides is 1. The molecule has 12 heteroatoms. The van der Waals surface area contributed by atoms with Gasteiger partial charge in [0.25, 0.3) is 5.91 Å². The van der Waals surface area contributed by atoms with Gasteiger partial charge in [-0.05, 0) is 42.2 Å². The molecule has 1 N–H and O–H groups in total. The Labute approximate surface area is 239 Å². The first-order chi connectivity index (χ1) is 18.9. The number of benzene rings is 2. The van der Waals surface area contributed by atoms with Gasteiger partial charge in [0.1, 0.15) is 11.3 Å². The molecule has 1 saturated heterocycles. The van der Waals surface area contributed by atoms with Gasteiger partial charge < -0.3 is 10.2 Å². The zero-order valence-electron chi connectivity index (χ0n) is 23.4. The van der Waals surface area contributed by atoms with Crippen LogP contribution in [-0.4, -0.2) is 80.9 Å². The van der Waals surface area contributed by atoms with Crippen LogP contribution in [-0.2, 0) is 10.0 Å². The molecule has 0 unspecified atom stereocenters. The molecular weight excluding hydrogens is 556 g/mol. The van der Waals surface area contributed by atoms with Crippen LogP contribution in [0.5, 0.6) is 0 Å². The number of thiazole rings is 1. The first-order valence-corrected chi connectivity index (χ1v) is 15.8. The molecule has 1 amide bonds. The highest BCUT2D eigenvalue weighted by Gasteiger charge is 2.26. The van der Waals surface area contributed by atoms with Crippen molar-refractivity contribution in [3.8, 4) is 0 Å². The summed E-state index contributed by atoms with van der Waals surface area (Å²) in [5.41, 5.74) is 0.600. The number of carbonyl (C=O) groups excluding carboxylic acids is 1. The molecule has 218 valence electrons. The minimum absolute atomic E-state index is 0.184. The number of hydrogen-bond acceptors (Lipinski definition) is 7. The zero-order valence-corrected chi connectivity index (χ0v) is 25.0. The van der Waals surface area contributed by atoms with Crippen LogP contribution in [0.25, 0.3) is 10.2 Å². The van der Waals surface area contributed by atoms with Crippen LogP contribution in [0.2, 0.25) is 0 Å². The second kappa shape index (κ2) is 12.9. The highest BCUT2D eigenvalue weighted by atomic mass is 32.2. The van der Waals surface area contributed by atoms with Crippen LogP contribution in [0.15, 0.2) is 41.3 Å². The lowest BCUT2D eigenvalue weighted by atomic mass is 10.2. The van der Waals surface area contributed by atoms with Crippen molar-refractivity contribution in [2.24, 2.45) is 11.8 Å². The van der Waals surface area contributed by atoms with E-state index in [2.05, 4.69) is 20.1 Å². The van der Waals surface area contributed by atoms with Crippen molar-refractivity contribution < 1.29 is 22.0 Å². The Hall–Kier alpha value is -2.67. The minimum Gasteiger partial charge on any atom is -0.351 e. The maximum atomic E-state index is 14.0. The van der Waals surface area contributed by atoms with E-state index in [9.17, 15) is 22.0 Å². The first-order valence-electron chi connectivity index (χ1n) is 13.6. The smallest absolute Gasteiger partial charge is 0.251 e. The van der Waals surface area contributed by atoms with Crippen molar-refractivity contribution in [1.82, 2.24) is 19.5 Å². The Morgan fingerprint density at radius 1 is 1.02 bits per heavy atom. The number of nitrogens with one attached hydrogen (secondary N) is 1. The minimum atomic E-state index is -3.65. The van der Waals surface area contributed by atoms with Gasteiger partial charge >= 0.3 is 0 Å². The third kappa shape index (κ3) is 7.34. The number of aromatic nitrogens is 1. The van der Waals surface area contributed by atoms with E-state index in [0.29, 0.717) is 54.7 Å². The summed E-state index contributed by atoms with van der Waals surface area (Å²) in [5.74, 6) is -1.12. The lowest BCUT2D eigenvalue weighted by Gasteiger charge is -2.34. The first kappa shape index (κ1) is 30.3. The summed E-state index contributed by atoms with van der Waals surface area (Å²) in [5, 5.41) is 3.59. The Bertz CT molecular complexity index is 1410. The SMILES string of the molecule is CC(C)CN(CC(C)C)S(=O)(=O)c1ccc(C(=O)NCCN2CCN(c3nc4c(F)cc(F)cc4s3)CC2)cc1. The summed E-state index contributed by atoms with van der Waals surface area (Å²) in [7, 11) is -3.65. The second-order valence-corrected chi connectivity index (χ2v) is 13.9. The molecule has 3 aromatic rings. The predicted molar refractivity (Wildman–Crippen MR) is 155 cm³/mol. The standard InChI is InChI=1S/C28H37F2N5O3S2/c1-19(2)17-35(18-20(3)4)40(37,38)23-7-5-21(6-8-23)27(36)31-9-10-33-11-13-34(14-12-33)28-32-26-24(30)15-22(29)16-25(26)39-28/h5-8,15-16,19-20H,9-14,17-18H2,1-4H3,(H,31,36). The van der Waals surface area contributed by atoms with E-state index in [1.54, 1.807) is 12.1 Å². The Balaban J connectivity index is 1.26. The third-order valence-corrected chi connectivity index (χ3v) is 9.56. The molecule has 1 fully saturated rings. The molecule has 0 spiro atoms. The molecule has 1 aliphatic rings. The summed E-state index contributed by atoms with van der Waals surface area (Å²) in [4.78, 5) is 21.5. The molecule has 8 nitrogen and oxygen atoms in total. The average molecular weight is 594 g/mol.